The topological polar surface area (TPSA) is 95.4 Å². The number of pyridine rings is 1. The molecular formula is C24H26N8O2. The standard InChI is InChI=1S/C24H26N8O2/c1-16-15-34-12-11-30(16)22-13-19(20-14-26-32(23(20)27-22)21-7-8-25-28-21)17-3-5-18(6-4-17)31-10-9-29(2)24(31)33/h3-8,13-14,16H,9-12,15H2,1-2H3,(H,25,28)/t16-/m1/s1. The molecule has 0 aliphatic carbocycles. The molecule has 2 aliphatic heterocycles. The number of hydrogen-bond donors (Lipinski definition) is 1. The maximum Gasteiger partial charge on any atom is 0.324 e. The number of aromatic amines is 1. The predicted octanol–water partition coefficient (Wildman–Crippen LogP) is 2.91. The van der Waals surface area contributed by atoms with Crippen LogP contribution in [0, 0.1) is 0 Å². The predicted molar refractivity (Wildman–Crippen MR) is 129 cm³/mol. The molecule has 10 heteroatoms. The van der Waals surface area contributed by atoms with Gasteiger partial charge in [-0.2, -0.15) is 14.9 Å². The van der Waals surface area contributed by atoms with E-state index in [1.54, 1.807) is 15.8 Å². The summed E-state index contributed by atoms with van der Waals surface area (Å²) in [6.07, 6.45) is 3.61. The molecule has 0 spiro atoms. The number of carbonyl (C=O) groups is 1. The molecule has 10 nitrogen and oxygen atoms in total. The largest absolute Gasteiger partial charge is 0.377 e. The Hall–Kier alpha value is -3.92. The maximum atomic E-state index is 12.4. The number of carbonyl (C=O) groups excluding carboxylic acids is 1. The van der Waals surface area contributed by atoms with E-state index in [0.717, 1.165) is 46.8 Å². The normalized spacial score (nSPS) is 18.9. The first-order valence-electron chi connectivity index (χ1n) is 11.5. The smallest absolute Gasteiger partial charge is 0.324 e. The average molecular weight is 459 g/mol. The summed E-state index contributed by atoms with van der Waals surface area (Å²) in [7, 11) is 1.83. The van der Waals surface area contributed by atoms with Crippen LogP contribution in [0.1, 0.15) is 6.92 Å². The van der Waals surface area contributed by atoms with Crippen LogP contribution in [-0.2, 0) is 4.74 Å². The van der Waals surface area contributed by atoms with Crippen molar-refractivity contribution in [1.29, 1.82) is 0 Å². The van der Waals surface area contributed by atoms with Gasteiger partial charge >= 0.3 is 6.03 Å². The lowest BCUT2D eigenvalue weighted by Gasteiger charge is -2.34. The molecule has 0 bridgehead atoms. The molecule has 0 saturated carbocycles. The van der Waals surface area contributed by atoms with Crippen molar-refractivity contribution in [3.8, 4) is 16.9 Å². The monoisotopic (exact) mass is 458 g/mol. The highest BCUT2D eigenvalue weighted by Gasteiger charge is 2.27. The second kappa shape index (κ2) is 8.14. The molecule has 6 rings (SSSR count). The number of likely N-dealkylation sites (N-methyl/N-ethyl adjacent to an activating group) is 1. The highest BCUT2D eigenvalue weighted by atomic mass is 16.5. The van der Waals surface area contributed by atoms with Crippen molar-refractivity contribution in [3.05, 3.63) is 48.8 Å². The fraction of sp³-hybridized carbons (Fsp3) is 0.333. The molecule has 5 heterocycles. The number of nitrogens with one attached hydrogen (secondary N) is 1. The van der Waals surface area contributed by atoms with Crippen molar-refractivity contribution in [2.24, 2.45) is 0 Å². The number of H-pyrrole nitrogens is 1. The van der Waals surface area contributed by atoms with Crippen molar-refractivity contribution in [2.75, 3.05) is 49.7 Å². The summed E-state index contributed by atoms with van der Waals surface area (Å²) < 4.78 is 7.41. The van der Waals surface area contributed by atoms with Gasteiger partial charge in [-0.3, -0.25) is 10.00 Å². The summed E-state index contributed by atoms with van der Waals surface area (Å²) >= 11 is 0. The van der Waals surface area contributed by atoms with Crippen molar-refractivity contribution in [3.63, 3.8) is 0 Å². The summed E-state index contributed by atoms with van der Waals surface area (Å²) in [6, 6.07) is 12.4. The number of benzene rings is 1. The van der Waals surface area contributed by atoms with Gasteiger partial charge in [-0.25, -0.2) is 9.78 Å². The summed E-state index contributed by atoms with van der Waals surface area (Å²) in [5.41, 5.74) is 3.73. The maximum absolute atomic E-state index is 12.4. The van der Waals surface area contributed by atoms with Gasteiger partial charge in [-0.15, -0.1) is 0 Å². The third-order valence-electron chi connectivity index (χ3n) is 6.60. The van der Waals surface area contributed by atoms with E-state index in [9.17, 15) is 4.79 Å². The quantitative estimate of drug-likeness (QED) is 0.505. The molecule has 1 atom stereocenters. The molecule has 2 saturated heterocycles. The van der Waals surface area contributed by atoms with Crippen LogP contribution in [0.25, 0.3) is 28.0 Å². The van der Waals surface area contributed by atoms with Crippen LogP contribution in [0.3, 0.4) is 0 Å². The van der Waals surface area contributed by atoms with Crippen molar-refractivity contribution in [1.82, 2.24) is 29.9 Å². The fourth-order valence-electron chi connectivity index (χ4n) is 4.69. The number of rotatable bonds is 4. The molecule has 174 valence electrons. The number of nitrogens with zero attached hydrogens (tertiary/aromatic N) is 7. The molecule has 1 N–H and O–H groups in total. The van der Waals surface area contributed by atoms with Gasteiger partial charge in [0.2, 0.25) is 0 Å². The van der Waals surface area contributed by atoms with E-state index in [2.05, 4.69) is 45.3 Å². The van der Waals surface area contributed by atoms with E-state index in [1.165, 1.54) is 0 Å². The van der Waals surface area contributed by atoms with Gasteiger partial charge in [0.1, 0.15) is 5.82 Å². The molecule has 34 heavy (non-hydrogen) atoms. The number of morpholine rings is 1. The molecule has 3 aromatic heterocycles. The minimum atomic E-state index is 0.0305. The van der Waals surface area contributed by atoms with E-state index in [0.29, 0.717) is 25.6 Å². The zero-order valence-corrected chi connectivity index (χ0v) is 19.2. The van der Waals surface area contributed by atoms with E-state index < -0.39 is 0 Å². The molecule has 0 unspecified atom stereocenters. The van der Waals surface area contributed by atoms with Crippen LogP contribution in [0.4, 0.5) is 16.3 Å². The number of urea groups is 1. The Morgan fingerprint density at radius 2 is 1.94 bits per heavy atom. The van der Waals surface area contributed by atoms with Crippen molar-refractivity contribution < 1.29 is 9.53 Å². The van der Waals surface area contributed by atoms with Gasteiger partial charge in [0.15, 0.2) is 11.5 Å². The van der Waals surface area contributed by atoms with Crippen LogP contribution in [0.15, 0.2) is 48.8 Å². The highest BCUT2D eigenvalue weighted by molar-refractivity contribution is 5.97. The molecular weight excluding hydrogens is 432 g/mol. The minimum Gasteiger partial charge on any atom is -0.377 e. The van der Waals surface area contributed by atoms with Gasteiger partial charge in [0.05, 0.1) is 25.5 Å². The number of fused-ring (bicyclic) bond motifs is 1. The number of ether oxygens (including phenoxy) is 1. The van der Waals surface area contributed by atoms with Gasteiger partial charge in [-0.05, 0) is 36.2 Å². The molecule has 2 amide bonds. The zero-order chi connectivity index (χ0) is 23.2. The Balaban J connectivity index is 1.46. The minimum absolute atomic E-state index is 0.0305. The van der Waals surface area contributed by atoms with E-state index >= 15 is 0 Å². The van der Waals surface area contributed by atoms with Crippen LogP contribution in [0.5, 0.6) is 0 Å². The Bertz CT molecular complexity index is 1330. The molecule has 2 aliphatic rings. The Labute approximate surface area is 196 Å². The van der Waals surface area contributed by atoms with E-state index in [4.69, 9.17) is 9.72 Å². The Kier molecular flexibility index (Phi) is 4.95. The number of aromatic nitrogens is 5. The highest BCUT2D eigenvalue weighted by Crippen LogP contribution is 2.34. The van der Waals surface area contributed by atoms with Gasteiger partial charge in [0.25, 0.3) is 0 Å². The van der Waals surface area contributed by atoms with Crippen molar-refractivity contribution >= 4 is 28.6 Å². The summed E-state index contributed by atoms with van der Waals surface area (Å²) in [5, 5.41) is 12.7. The summed E-state index contributed by atoms with van der Waals surface area (Å²) in [6.45, 7) is 5.70. The number of hydrogen-bond acceptors (Lipinski definition) is 6. The second-order valence-electron chi connectivity index (χ2n) is 8.77. The third kappa shape index (κ3) is 3.38. The van der Waals surface area contributed by atoms with Gasteiger partial charge in [0, 0.05) is 50.0 Å². The second-order valence-corrected chi connectivity index (χ2v) is 8.77. The lowest BCUT2D eigenvalue weighted by Crippen LogP contribution is -2.44. The lowest BCUT2D eigenvalue weighted by atomic mass is 10.0. The first kappa shape index (κ1) is 20.7. The Morgan fingerprint density at radius 1 is 1.09 bits per heavy atom. The van der Waals surface area contributed by atoms with E-state index in [1.807, 2.05) is 36.3 Å². The molecule has 1 aromatic carbocycles. The average Bonchev–Trinajstić information content (AvgIpc) is 3.60. The van der Waals surface area contributed by atoms with Crippen LogP contribution >= 0.6 is 0 Å². The molecule has 0 radical (unpaired) electrons. The molecule has 4 aromatic rings. The first-order valence-corrected chi connectivity index (χ1v) is 11.5. The molecule has 2 fully saturated rings. The van der Waals surface area contributed by atoms with Crippen LogP contribution < -0.4 is 9.80 Å². The van der Waals surface area contributed by atoms with Gasteiger partial charge in [-0.1, -0.05) is 12.1 Å². The Morgan fingerprint density at radius 3 is 2.65 bits per heavy atom. The van der Waals surface area contributed by atoms with Crippen LogP contribution in [0.2, 0.25) is 0 Å². The number of amides is 2. The summed E-state index contributed by atoms with van der Waals surface area (Å²) in [5.74, 6) is 1.57. The lowest BCUT2D eigenvalue weighted by molar-refractivity contribution is 0.0985. The SMILES string of the molecule is C[C@@H]1COCCN1c1cc(-c2ccc(N3CCN(C)C3=O)cc2)c2cnn(-c3cc[nH]n3)c2n1. The van der Waals surface area contributed by atoms with Crippen molar-refractivity contribution in [2.45, 2.75) is 13.0 Å². The summed E-state index contributed by atoms with van der Waals surface area (Å²) in [4.78, 5) is 23.2. The number of anilines is 2. The van der Waals surface area contributed by atoms with Crippen LogP contribution in [-0.4, -0.2) is 81.8 Å². The first-order chi connectivity index (χ1) is 16.6. The fourth-order valence-corrected chi connectivity index (χ4v) is 4.69. The van der Waals surface area contributed by atoms with E-state index in [-0.39, 0.29) is 12.1 Å². The third-order valence-corrected chi connectivity index (χ3v) is 6.60. The van der Waals surface area contributed by atoms with Gasteiger partial charge < -0.3 is 14.5 Å². The zero-order valence-electron chi connectivity index (χ0n) is 19.2.